The van der Waals surface area contributed by atoms with Crippen LogP contribution in [0.1, 0.15) is 26.7 Å². The van der Waals surface area contributed by atoms with Gasteiger partial charge in [0, 0.05) is 19.5 Å². The van der Waals surface area contributed by atoms with Crippen LogP contribution in [0.25, 0.3) is 0 Å². The highest BCUT2D eigenvalue weighted by Crippen LogP contribution is 2.29. The Morgan fingerprint density at radius 3 is 2.60 bits per heavy atom. The highest BCUT2D eigenvalue weighted by atomic mass is 19.3. The van der Waals surface area contributed by atoms with Gasteiger partial charge in [-0.15, -0.1) is 0 Å². The quantitative estimate of drug-likeness (QED) is 0.760. The van der Waals surface area contributed by atoms with Crippen LogP contribution in [0.15, 0.2) is 0 Å². The van der Waals surface area contributed by atoms with E-state index in [1.165, 1.54) is 4.90 Å². The largest absolute Gasteiger partial charge is 0.336 e. The minimum absolute atomic E-state index is 0.125. The smallest absolute Gasteiger partial charge is 0.265 e. The van der Waals surface area contributed by atoms with Crippen molar-refractivity contribution in [3.63, 3.8) is 0 Å². The van der Waals surface area contributed by atoms with Gasteiger partial charge in [0.1, 0.15) is 0 Å². The Bertz CT molecular complexity index is 254. The van der Waals surface area contributed by atoms with E-state index in [1.807, 2.05) is 0 Å². The van der Waals surface area contributed by atoms with Crippen molar-refractivity contribution in [2.24, 2.45) is 11.1 Å². The number of nitrogens with two attached hydrogens (primary N) is 1. The molecule has 0 atom stereocenters. The molecule has 1 heterocycles. The average Bonchev–Trinajstić information content (AvgIpc) is 2.15. The number of carbonyl (C=O) groups is 1. The van der Waals surface area contributed by atoms with Gasteiger partial charge in [0.15, 0.2) is 0 Å². The minimum Gasteiger partial charge on any atom is -0.336 e. The molecule has 0 saturated carbocycles. The van der Waals surface area contributed by atoms with E-state index in [4.69, 9.17) is 5.73 Å². The normalized spacial score (nSPS) is 21.5. The maximum atomic E-state index is 13.1. The summed E-state index contributed by atoms with van der Waals surface area (Å²) < 4.78 is 26.2. The molecule has 1 aliphatic rings. The van der Waals surface area contributed by atoms with E-state index in [9.17, 15) is 13.6 Å². The van der Waals surface area contributed by atoms with E-state index in [0.29, 0.717) is 13.0 Å². The zero-order valence-electron chi connectivity index (χ0n) is 9.22. The van der Waals surface area contributed by atoms with Crippen LogP contribution in [0.4, 0.5) is 8.78 Å². The first kappa shape index (κ1) is 12.4. The van der Waals surface area contributed by atoms with Crippen molar-refractivity contribution < 1.29 is 13.6 Å². The summed E-state index contributed by atoms with van der Waals surface area (Å²) in [4.78, 5) is 13.1. The molecule has 1 saturated heterocycles. The lowest BCUT2D eigenvalue weighted by molar-refractivity contribution is -0.150. The Balaban J connectivity index is 2.68. The van der Waals surface area contributed by atoms with E-state index in [-0.39, 0.29) is 18.9 Å². The fourth-order valence-corrected chi connectivity index (χ4v) is 1.65. The van der Waals surface area contributed by atoms with Crippen molar-refractivity contribution in [1.29, 1.82) is 0 Å². The molecule has 0 aliphatic carbocycles. The predicted molar refractivity (Wildman–Crippen MR) is 53.6 cm³/mol. The Morgan fingerprint density at radius 2 is 2.13 bits per heavy atom. The topological polar surface area (TPSA) is 46.3 Å². The molecular formula is C10H18F2N2O. The zero-order chi connectivity index (χ0) is 11.7. The van der Waals surface area contributed by atoms with Crippen molar-refractivity contribution >= 4 is 5.91 Å². The van der Waals surface area contributed by atoms with E-state index in [1.54, 1.807) is 13.8 Å². The van der Waals surface area contributed by atoms with Crippen LogP contribution in [0.2, 0.25) is 0 Å². The fourth-order valence-electron chi connectivity index (χ4n) is 1.65. The van der Waals surface area contributed by atoms with E-state index in [2.05, 4.69) is 0 Å². The molecule has 3 nitrogen and oxygen atoms in total. The fraction of sp³-hybridized carbons (Fsp3) is 0.900. The number of hydrogen-bond donors (Lipinski definition) is 1. The molecule has 0 radical (unpaired) electrons. The number of rotatable bonds is 2. The number of alkyl halides is 2. The maximum Gasteiger partial charge on any atom is 0.265 e. The molecule has 1 aliphatic heterocycles. The summed E-state index contributed by atoms with van der Waals surface area (Å²) >= 11 is 0. The molecule has 0 spiro atoms. The highest BCUT2D eigenvalue weighted by molar-refractivity contribution is 5.82. The van der Waals surface area contributed by atoms with Crippen molar-refractivity contribution in [3.05, 3.63) is 0 Å². The van der Waals surface area contributed by atoms with Gasteiger partial charge in [-0.3, -0.25) is 4.79 Å². The zero-order valence-corrected chi connectivity index (χ0v) is 9.22. The molecule has 15 heavy (non-hydrogen) atoms. The van der Waals surface area contributed by atoms with Gasteiger partial charge in [-0.2, -0.15) is 0 Å². The number of likely N-dealkylation sites (tertiary alicyclic amines) is 1. The molecule has 88 valence electrons. The van der Waals surface area contributed by atoms with E-state index < -0.39 is 17.9 Å². The van der Waals surface area contributed by atoms with Crippen LogP contribution in [-0.2, 0) is 4.79 Å². The van der Waals surface area contributed by atoms with Crippen molar-refractivity contribution in [1.82, 2.24) is 4.90 Å². The summed E-state index contributed by atoms with van der Waals surface area (Å²) in [5.41, 5.74) is 4.70. The summed E-state index contributed by atoms with van der Waals surface area (Å²) in [6.45, 7) is 3.49. The Kier molecular flexibility index (Phi) is 3.33. The van der Waals surface area contributed by atoms with Crippen LogP contribution >= 0.6 is 0 Å². The number of nitrogens with zero attached hydrogens (tertiary/aromatic N) is 1. The first-order valence-electron chi connectivity index (χ1n) is 5.16. The summed E-state index contributed by atoms with van der Waals surface area (Å²) in [6, 6.07) is 0. The number of piperidine rings is 1. The summed E-state index contributed by atoms with van der Waals surface area (Å²) in [7, 11) is 0. The van der Waals surface area contributed by atoms with Gasteiger partial charge >= 0.3 is 0 Å². The van der Waals surface area contributed by atoms with Crippen LogP contribution in [0.5, 0.6) is 0 Å². The number of amides is 1. The van der Waals surface area contributed by atoms with Crippen molar-refractivity contribution in [2.75, 3.05) is 19.6 Å². The molecule has 0 aromatic carbocycles. The van der Waals surface area contributed by atoms with Crippen LogP contribution < -0.4 is 5.73 Å². The molecule has 0 aromatic heterocycles. The van der Waals surface area contributed by atoms with Crippen molar-refractivity contribution in [2.45, 2.75) is 32.6 Å². The second kappa shape index (κ2) is 4.04. The Labute approximate surface area is 88.6 Å². The third-order valence-corrected chi connectivity index (χ3v) is 2.77. The molecular weight excluding hydrogens is 202 g/mol. The summed E-state index contributed by atoms with van der Waals surface area (Å²) in [5, 5.41) is 0. The van der Waals surface area contributed by atoms with Crippen LogP contribution in [-0.4, -0.2) is 36.4 Å². The average molecular weight is 220 g/mol. The maximum absolute atomic E-state index is 13.1. The minimum atomic E-state index is -2.74. The molecule has 1 fully saturated rings. The van der Waals surface area contributed by atoms with Gasteiger partial charge in [0.2, 0.25) is 5.91 Å². The first-order chi connectivity index (χ1) is 6.78. The lowest BCUT2D eigenvalue weighted by Gasteiger charge is -2.36. The van der Waals surface area contributed by atoms with Crippen LogP contribution in [0.3, 0.4) is 0 Å². The van der Waals surface area contributed by atoms with Gasteiger partial charge in [-0.05, 0) is 20.3 Å². The third kappa shape index (κ3) is 2.87. The van der Waals surface area contributed by atoms with Gasteiger partial charge in [-0.25, -0.2) is 8.78 Å². The molecule has 2 N–H and O–H groups in total. The Morgan fingerprint density at radius 1 is 1.53 bits per heavy atom. The first-order valence-corrected chi connectivity index (χ1v) is 5.16. The lowest BCUT2D eigenvalue weighted by atomic mass is 9.90. The van der Waals surface area contributed by atoms with Gasteiger partial charge in [-0.1, -0.05) is 0 Å². The number of halogens is 2. The molecule has 5 heteroatoms. The molecule has 0 bridgehead atoms. The lowest BCUT2D eigenvalue weighted by Crippen LogP contribution is -2.51. The van der Waals surface area contributed by atoms with E-state index >= 15 is 0 Å². The Hall–Kier alpha value is -0.710. The second-order valence-electron chi connectivity index (χ2n) is 4.77. The van der Waals surface area contributed by atoms with Gasteiger partial charge in [0.05, 0.1) is 12.0 Å². The van der Waals surface area contributed by atoms with Gasteiger partial charge in [0.25, 0.3) is 5.92 Å². The molecule has 0 aromatic rings. The monoisotopic (exact) mass is 220 g/mol. The SMILES string of the molecule is CC(C)(CN)C(=O)N1CCCC(F)(F)C1. The summed E-state index contributed by atoms with van der Waals surface area (Å²) in [6.07, 6.45) is 0.235. The second-order valence-corrected chi connectivity index (χ2v) is 4.77. The van der Waals surface area contributed by atoms with Crippen LogP contribution in [0, 0.1) is 5.41 Å². The molecule has 1 amide bonds. The van der Waals surface area contributed by atoms with E-state index in [0.717, 1.165) is 0 Å². The third-order valence-electron chi connectivity index (χ3n) is 2.77. The molecule has 0 unspecified atom stereocenters. The summed E-state index contributed by atoms with van der Waals surface area (Å²) in [5.74, 6) is -3.01. The highest BCUT2D eigenvalue weighted by Gasteiger charge is 2.40. The number of carbonyl (C=O) groups excluding carboxylic acids is 1. The number of hydrogen-bond acceptors (Lipinski definition) is 2. The van der Waals surface area contributed by atoms with Gasteiger partial charge < -0.3 is 10.6 Å². The standard InChI is InChI=1S/C10H18F2N2O/c1-9(2,6-13)8(15)14-5-3-4-10(11,12)7-14/h3-7,13H2,1-2H3. The molecule has 1 rings (SSSR count). The van der Waals surface area contributed by atoms with Crippen molar-refractivity contribution in [3.8, 4) is 0 Å². The predicted octanol–water partition coefficient (Wildman–Crippen LogP) is 1.23.